The number of ether oxygens (including phenoxy) is 1. The number of carbonyl (C=O) groups is 1. The average molecular weight is 298 g/mol. The molecule has 0 atom stereocenters. The maximum absolute atomic E-state index is 11.9. The molecule has 0 fully saturated rings. The molecular weight excluding hydrogens is 276 g/mol. The number of aryl methyl sites for hydroxylation is 1. The lowest BCUT2D eigenvalue weighted by Gasteiger charge is -2.15. The molecule has 0 heterocycles. The summed E-state index contributed by atoms with van der Waals surface area (Å²) in [6, 6.07) is 15.5. The van der Waals surface area contributed by atoms with Gasteiger partial charge in [-0.1, -0.05) is 36.4 Å². The summed E-state index contributed by atoms with van der Waals surface area (Å²) in [5.41, 5.74) is 2.83. The first-order valence-electron chi connectivity index (χ1n) is 7.39. The topological polar surface area (TPSA) is 50.4 Å². The van der Waals surface area contributed by atoms with Crippen LogP contribution in [0.15, 0.2) is 48.5 Å². The lowest BCUT2D eigenvalue weighted by Crippen LogP contribution is -2.34. The van der Waals surface area contributed by atoms with Crippen LogP contribution in [0.1, 0.15) is 25.0 Å². The zero-order valence-corrected chi connectivity index (χ0v) is 13.2. The second-order valence-electron chi connectivity index (χ2n) is 5.53. The lowest BCUT2D eigenvalue weighted by molar-refractivity contribution is 0.249. The maximum Gasteiger partial charge on any atom is 0.319 e. The number of benzene rings is 2. The number of hydrogen-bond donors (Lipinski definition) is 2. The Hall–Kier alpha value is -2.49. The van der Waals surface area contributed by atoms with Crippen LogP contribution >= 0.6 is 0 Å². The van der Waals surface area contributed by atoms with Crippen LogP contribution in [0.4, 0.5) is 10.5 Å². The molecule has 0 aliphatic rings. The summed E-state index contributed by atoms with van der Waals surface area (Å²) in [5.74, 6) is 0.669. The molecule has 0 radical (unpaired) electrons. The molecule has 0 saturated heterocycles. The monoisotopic (exact) mass is 298 g/mol. The molecule has 0 unspecified atom stereocenters. The first-order valence-corrected chi connectivity index (χ1v) is 7.39. The van der Waals surface area contributed by atoms with Gasteiger partial charge in [-0.15, -0.1) is 0 Å². The third kappa shape index (κ3) is 4.81. The molecule has 116 valence electrons. The minimum Gasteiger partial charge on any atom is -0.487 e. The Morgan fingerprint density at radius 1 is 1.14 bits per heavy atom. The van der Waals surface area contributed by atoms with E-state index in [1.165, 1.54) is 0 Å². The van der Waals surface area contributed by atoms with E-state index in [9.17, 15) is 4.79 Å². The molecule has 2 amide bonds. The van der Waals surface area contributed by atoms with E-state index in [2.05, 4.69) is 10.6 Å². The summed E-state index contributed by atoms with van der Waals surface area (Å²) in [4.78, 5) is 11.9. The normalized spacial score (nSPS) is 10.4. The van der Waals surface area contributed by atoms with Crippen molar-refractivity contribution in [3.63, 3.8) is 0 Å². The Bertz CT molecular complexity index is 624. The van der Waals surface area contributed by atoms with E-state index in [1.54, 1.807) is 0 Å². The molecule has 0 aliphatic carbocycles. The fraction of sp³-hybridized carbons (Fsp3) is 0.278. The molecular formula is C18H22N2O2. The highest BCUT2D eigenvalue weighted by atomic mass is 16.5. The van der Waals surface area contributed by atoms with Gasteiger partial charge in [0.25, 0.3) is 0 Å². The molecule has 2 N–H and O–H groups in total. The van der Waals surface area contributed by atoms with Crippen LogP contribution in [0.25, 0.3) is 0 Å². The Balaban J connectivity index is 2.08. The number of anilines is 1. The molecule has 22 heavy (non-hydrogen) atoms. The van der Waals surface area contributed by atoms with Crippen molar-refractivity contribution in [2.75, 3.05) is 5.32 Å². The Labute approximate surface area is 131 Å². The summed E-state index contributed by atoms with van der Waals surface area (Å²) in [7, 11) is 0. The van der Waals surface area contributed by atoms with E-state index in [-0.39, 0.29) is 12.1 Å². The smallest absolute Gasteiger partial charge is 0.319 e. The Morgan fingerprint density at radius 3 is 2.55 bits per heavy atom. The van der Waals surface area contributed by atoms with Crippen molar-refractivity contribution in [1.29, 1.82) is 0 Å². The highest BCUT2D eigenvalue weighted by Crippen LogP contribution is 2.26. The fourth-order valence-electron chi connectivity index (χ4n) is 2.01. The van der Waals surface area contributed by atoms with Gasteiger partial charge in [0.15, 0.2) is 0 Å². The van der Waals surface area contributed by atoms with Crippen molar-refractivity contribution in [3.05, 3.63) is 59.7 Å². The molecule has 0 saturated carbocycles. The van der Waals surface area contributed by atoms with Crippen molar-refractivity contribution in [2.45, 2.75) is 33.4 Å². The minimum absolute atomic E-state index is 0.0825. The van der Waals surface area contributed by atoms with Crippen LogP contribution < -0.4 is 15.4 Å². The van der Waals surface area contributed by atoms with Gasteiger partial charge in [-0.25, -0.2) is 4.79 Å². The van der Waals surface area contributed by atoms with Gasteiger partial charge >= 0.3 is 6.03 Å². The number of amides is 2. The van der Waals surface area contributed by atoms with Gasteiger partial charge in [0.1, 0.15) is 12.4 Å². The third-order valence-electron chi connectivity index (χ3n) is 3.04. The molecule has 2 aromatic rings. The maximum atomic E-state index is 11.9. The molecule has 4 heteroatoms. The third-order valence-corrected chi connectivity index (χ3v) is 3.04. The van der Waals surface area contributed by atoms with E-state index in [1.807, 2.05) is 69.3 Å². The van der Waals surface area contributed by atoms with Gasteiger partial charge in [0.2, 0.25) is 0 Å². The Kier molecular flexibility index (Phi) is 5.42. The van der Waals surface area contributed by atoms with Crippen molar-refractivity contribution in [2.24, 2.45) is 0 Å². The zero-order chi connectivity index (χ0) is 15.9. The largest absolute Gasteiger partial charge is 0.487 e. The van der Waals surface area contributed by atoms with Gasteiger partial charge in [-0.05, 0) is 44.0 Å². The number of hydrogen-bond acceptors (Lipinski definition) is 2. The van der Waals surface area contributed by atoms with Gasteiger partial charge in [0.05, 0.1) is 5.69 Å². The molecule has 2 rings (SSSR count). The number of carbonyl (C=O) groups excluding carboxylic acids is 1. The quantitative estimate of drug-likeness (QED) is 0.873. The number of nitrogens with one attached hydrogen (secondary N) is 2. The van der Waals surface area contributed by atoms with Crippen LogP contribution in [0, 0.1) is 6.92 Å². The minimum atomic E-state index is -0.233. The standard InChI is InChI=1S/C18H22N2O2/c1-13(2)19-18(21)20-16-10-9-14(3)11-17(16)22-12-15-7-5-4-6-8-15/h4-11,13H,12H2,1-3H3,(H2,19,20,21). The summed E-state index contributed by atoms with van der Waals surface area (Å²) in [5, 5.41) is 5.63. The zero-order valence-electron chi connectivity index (χ0n) is 13.2. The second kappa shape index (κ2) is 7.50. The van der Waals surface area contributed by atoms with E-state index in [4.69, 9.17) is 4.74 Å². The van der Waals surface area contributed by atoms with Crippen LogP contribution in [0.2, 0.25) is 0 Å². The SMILES string of the molecule is Cc1ccc(NC(=O)NC(C)C)c(OCc2ccccc2)c1. The second-order valence-corrected chi connectivity index (χ2v) is 5.53. The number of urea groups is 1. The lowest BCUT2D eigenvalue weighted by atomic mass is 10.2. The molecule has 4 nitrogen and oxygen atoms in total. The van der Waals surface area contributed by atoms with Crippen molar-refractivity contribution in [3.8, 4) is 5.75 Å². The first kappa shape index (κ1) is 15.9. The summed E-state index contributed by atoms with van der Waals surface area (Å²) >= 11 is 0. The van der Waals surface area contributed by atoms with E-state index in [0.717, 1.165) is 11.1 Å². The predicted octanol–water partition coefficient (Wildman–Crippen LogP) is 4.10. The van der Waals surface area contributed by atoms with Crippen LogP contribution in [-0.4, -0.2) is 12.1 Å². The van der Waals surface area contributed by atoms with E-state index < -0.39 is 0 Å². The van der Waals surface area contributed by atoms with Gasteiger partial charge in [0, 0.05) is 6.04 Å². The fourth-order valence-corrected chi connectivity index (χ4v) is 2.01. The van der Waals surface area contributed by atoms with E-state index >= 15 is 0 Å². The number of rotatable bonds is 5. The molecule has 0 spiro atoms. The van der Waals surface area contributed by atoms with Crippen molar-refractivity contribution in [1.82, 2.24) is 5.32 Å². The summed E-state index contributed by atoms with van der Waals surface area (Å²) in [6.45, 7) is 6.29. The van der Waals surface area contributed by atoms with Gasteiger partial charge < -0.3 is 15.4 Å². The highest BCUT2D eigenvalue weighted by molar-refractivity contribution is 5.91. The van der Waals surface area contributed by atoms with Crippen LogP contribution in [0.3, 0.4) is 0 Å². The molecule has 0 aromatic heterocycles. The molecule has 0 aliphatic heterocycles. The van der Waals surface area contributed by atoms with Crippen LogP contribution in [0.5, 0.6) is 5.75 Å². The predicted molar refractivity (Wildman–Crippen MR) is 89.2 cm³/mol. The van der Waals surface area contributed by atoms with Crippen LogP contribution in [-0.2, 0) is 6.61 Å². The van der Waals surface area contributed by atoms with Gasteiger partial charge in [-0.3, -0.25) is 0 Å². The molecule has 0 bridgehead atoms. The van der Waals surface area contributed by atoms with Crippen molar-refractivity contribution >= 4 is 11.7 Å². The average Bonchev–Trinajstić information content (AvgIpc) is 2.48. The Morgan fingerprint density at radius 2 is 1.86 bits per heavy atom. The summed E-state index contributed by atoms with van der Waals surface area (Å²) in [6.07, 6.45) is 0. The van der Waals surface area contributed by atoms with Crippen molar-refractivity contribution < 1.29 is 9.53 Å². The highest BCUT2D eigenvalue weighted by Gasteiger charge is 2.09. The van der Waals surface area contributed by atoms with E-state index in [0.29, 0.717) is 18.0 Å². The summed E-state index contributed by atoms with van der Waals surface area (Å²) < 4.78 is 5.87. The van der Waals surface area contributed by atoms with Gasteiger partial charge in [-0.2, -0.15) is 0 Å². The first-order chi connectivity index (χ1) is 10.5. The molecule has 2 aromatic carbocycles.